The Hall–Kier alpha value is -2.79. The van der Waals surface area contributed by atoms with Gasteiger partial charge in [-0.2, -0.15) is 4.98 Å². The molecule has 0 amide bonds. The fraction of sp³-hybridized carbons (Fsp3) is 0.741. The van der Waals surface area contributed by atoms with Gasteiger partial charge >= 0.3 is 11.9 Å². The van der Waals surface area contributed by atoms with Crippen LogP contribution in [0.2, 0.25) is 0 Å². The molecule has 11 nitrogen and oxygen atoms in total. The number of esters is 2. The molecule has 3 rings (SSSR count). The number of carbonyl (C=O) groups excluding carboxylic acids is 2. The number of nitrogens with zero attached hydrogens (tertiary/aromatic N) is 4. The molecule has 4 atom stereocenters. The Labute approximate surface area is 224 Å². The van der Waals surface area contributed by atoms with Gasteiger partial charge in [-0.05, 0) is 12.8 Å². The van der Waals surface area contributed by atoms with Crippen molar-refractivity contribution in [3.05, 3.63) is 12.7 Å². The lowest BCUT2D eigenvalue weighted by atomic mass is 10.1. The number of ether oxygens (including phenoxy) is 4. The maximum atomic E-state index is 12.9. The van der Waals surface area contributed by atoms with Crippen LogP contribution >= 0.6 is 0 Å². The SMILES string of the molecule is CCCCCCCC(=O)O[C@H]1[C@H](OC(=O)CCCCCCC)[C@@H](CO)O[C@H]1n1cnc2c(OC)ncnc21. The summed E-state index contributed by atoms with van der Waals surface area (Å²) in [5.41, 5.74) is 0.815. The molecular formula is C27H42N4O7. The number of unbranched alkanes of at least 4 members (excludes halogenated alkanes) is 8. The summed E-state index contributed by atoms with van der Waals surface area (Å²) in [7, 11) is 1.48. The van der Waals surface area contributed by atoms with Gasteiger partial charge in [0.1, 0.15) is 12.4 Å². The second-order valence-corrected chi connectivity index (χ2v) is 9.69. The van der Waals surface area contributed by atoms with Crippen LogP contribution in [0.3, 0.4) is 0 Å². The third kappa shape index (κ3) is 7.86. The van der Waals surface area contributed by atoms with Crippen LogP contribution in [0.4, 0.5) is 0 Å². The fourth-order valence-corrected chi connectivity index (χ4v) is 4.68. The van der Waals surface area contributed by atoms with Gasteiger partial charge in [-0.1, -0.05) is 65.2 Å². The minimum atomic E-state index is -0.988. The summed E-state index contributed by atoms with van der Waals surface area (Å²) in [5.74, 6) is -0.526. The van der Waals surface area contributed by atoms with E-state index in [0.717, 1.165) is 51.4 Å². The number of aliphatic hydroxyl groups excluding tert-OH is 1. The van der Waals surface area contributed by atoms with Crippen molar-refractivity contribution in [1.82, 2.24) is 19.5 Å². The van der Waals surface area contributed by atoms with Gasteiger partial charge in [0, 0.05) is 12.8 Å². The number of imidazole rings is 1. The molecule has 1 fully saturated rings. The third-order valence-corrected chi connectivity index (χ3v) is 6.76. The normalized spacial score (nSPS) is 21.1. The van der Waals surface area contributed by atoms with Crippen LogP contribution in [0.5, 0.6) is 5.88 Å². The molecule has 3 heterocycles. The molecule has 0 unspecified atom stereocenters. The molecule has 0 spiro atoms. The van der Waals surface area contributed by atoms with E-state index < -0.39 is 43.1 Å². The lowest BCUT2D eigenvalue weighted by molar-refractivity contribution is -0.168. The molecule has 2 aromatic rings. The first-order valence-electron chi connectivity index (χ1n) is 13.9. The maximum absolute atomic E-state index is 12.9. The standard InChI is InChI=1S/C27H42N4O7/c1-4-6-8-10-12-14-20(33)37-23-19(16-32)36-27(24(23)38-21(34)15-13-11-9-7-5-2)31-18-30-22-25(31)28-17-29-26(22)35-3/h17-19,23-24,27,32H,4-16H2,1-3H3/t19-,23-,24+,27-/m1/s1. The Kier molecular flexibility index (Phi) is 12.2. The summed E-state index contributed by atoms with van der Waals surface area (Å²) < 4.78 is 24.6. The predicted octanol–water partition coefficient (Wildman–Crippen LogP) is 4.27. The highest BCUT2D eigenvalue weighted by atomic mass is 16.6. The van der Waals surface area contributed by atoms with E-state index in [9.17, 15) is 14.7 Å². The zero-order valence-corrected chi connectivity index (χ0v) is 22.8. The van der Waals surface area contributed by atoms with Crippen LogP contribution in [0.25, 0.3) is 11.2 Å². The highest BCUT2D eigenvalue weighted by molar-refractivity contribution is 5.76. The average molecular weight is 535 g/mol. The largest absolute Gasteiger partial charge is 0.479 e. The van der Waals surface area contributed by atoms with Gasteiger partial charge in [0.2, 0.25) is 5.88 Å². The molecule has 1 aliphatic rings. The quantitative estimate of drug-likeness (QED) is 0.231. The van der Waals surface area contributed by atoms with E-state index >= 15 is 0 Å². The Morgan fingerprint density at radius 1 is 0.895 bits per heavy atom. The summed E-state index contributed by atoms with van der Waals surface area (Å²) in [6.45, 7) is 3.86. The van der Waals surface area contributed by atoms with Crippen molar-refractivity contribution in [2.24, 2.45) is 0 Å². The van der Waals surface area contributed by atoms with Gasteiger partial charge in [-0.25, -0.2) is 9.97 Å². The number of fused-ring (bicyclic) bond motifs is 1. The van der Waals surface area contributed by atoms with Gasteiger partial charge in [0.25, 0.3) is 0 Å². The third-order valence-electron chi connectivity index (χ3n) is 6.76. The molecule has 0 aliphatic carbocycles. The molecule has 11 heteroatoms. The van der Waals surface area contributed by atoms with Gasteiger partial charge in [0.15, 0.2) is 29.6 Å². The zero-order chi connectivity index (χ0) is 27.3. The number of carbonyl (C=O) groups is 2. The Balaban J connectivity index is 1.78. The second kappa shape index (κ2) is 15.6. The van der Waals surface area contributed by atoms with Crippen LogP contribution in [0, 0.1) is 0 Å². The van der Waals surface area contributed by atoms with E-state index in [4.69, 9.17) is 18.9 Å². The summed E-state index contributed by atoms with van der Waals surface area (Å²) >= 11 is 0. The van der Waals surface area contributed by atoms with E-state index in [2.05, 4.69) is 28.8 Å². The average Bonchev–Trinajstić information content (AvgIpc) is 3.49. The van der Waals surface area contributed by atoms with E-state index in [1.54, 1.807) is 4.57 Å². The first-order valence-corrected chi connectivity index (χ1v) is 13.9. The molecule has 0 bridgehead atoms. The Bertz CT molecular complexity index is 1010. The number of hydrogen-bond donors (Lipinski definition) is 1. The van der Waals surface area contributed by atoms with Crippen LogP contribution in [0.1, 0.15) is 97.1 Å². The minimum absolute atomic E-state index is 0.246. The number of aliphatic hydroxyl groups is 1. The Morgan fingerprint density at radius 2 is 1.50 bits per heavy atom. The molecule has 2 aromatic heterocycles. The predicted molar refractivity (Wildman–Crippen MR) is 139 cm³/mol. The fourth-order valence-electron chi connectivity index (χ4n) is 4.68. The summed E-state index contributed by atoms with van der Waals surface area (Å²) in [5, 5.41) is 10.1. The highest BCUT2D eigenvalue weighted by Gasteiger charge is 2.50. The summed E-state index contributed by atoms with van der Waals surface area (Å²) in [4.78, 5) is 38.3. The van der Waals surface area contributed by atoms with E-state index in [0.29, 0.717) is 24.0 Å². The topological polar surface area (TPSA) is 135 Å². The molecule has 0 saturated carbocycles. The first kappa shape index (κ1) is 29.8. The molecule has 212 valence electrons. The smallest absolute Gasteiger partial charge is 0.306 e. The molecule has 1 N–H and O–H groups in total. The molecule has 0 aromatic carbocycles. The lowest BCUT2D eigenvalue weighted by Gasteiger charge is -2.24. The molecule has 1 aliphatic heterocycles. The number of hydrogen-bond acceptors (Lipinski definition) is 10. The number of methoxy groups -OCH3 is 1. The van der Waals surface area contributed by atoms with Crippen molar-refractivity contribution in [3.63, 3.8) is 0 Å². The van der Waals surface area contributed by atoms with E-state index in [-0.39, 0.29) is 18.7 Å². The Morgan fingerprint density at radius 3 is 2.08 bits per heavy atom. The van der Waals surface area contributed by atoms with Crippen LogP contribution in [-0.4, -0.2) is 68.6 Å². The van der Waals surface area contributed by atoms with E-state index in [1.165, 1.54) is 19.8 Å². The maximum Gasteiger partial charge on any atom is 0.306 e. The van der Waals surface area contributed by atoms with Crippen LogP contribution in [-0.2, 0) is 23.8 Å². The zero-order valence-electron chi connectivity index (χ0n) is 22.8. The first-order chi connectivity index (χ1) is 18.5. The van der Waals surface area contributed by atoms with Crippen molar-refractivity contribution in [2.75, 3.05) is 13.7 Å². The summed E-state index contributed by atoms with van der Waals surface area (Å²) in [6.07, 6.45) is 9.48. The molecular weight excluding hydrogens is 492 g/mol. The monoisotopic (exact) mass is 534 g/mol. The number of rotatable bonds is 17. The van der Waals surface area contributed by atoms with E-state index in [1.807, 2.05) is 0 Å². The van der Waals surface area contributed by atoms with Crippen LogP contribution in [0.15, 0.2) is 12.7 Å². The van der Waals surface area contributed by atoms with Gasteiger partial charge in [0.05, 0.1) is 20.0 Å². The highest BCUT2D eigenvalue weighted by Crippen LogP contribution is 2.36. The van der Waals surface area contributed by atoms with Crippen molar-refractivity contribution < 1.29 is 33.6 Å². The van der Waals surface area contributed by atoms with Crippen molar-refractivity contribution in [1.29, 1.82) is 0 Å². The molecule has 38 heavy (non-hydrogen) atoms. The lowest BCUT2D eigenvalue weighted by Crippen LogP contribution is -2.40. The van der Waals surface area contributed by atoms with Crippen molar-refractivity contribution >= 4 is 23.1 Å². The number of aromatic nitrogens is 4. The van der Waals surface area contributed by atoms with Crippen molar-refractivity contribution in [3.8, 4) is 5.88 Å². The second-order valence-electron chi connectivity index (χ2n) is 9.69. The van der Waals surface area contributed by atoms with Gasteiger partial charge in [-0.3, -0.25) is 14.2 Å². The van der Waals surface area contributed by atoms with Gasteiger partial charge < -0.3 is 24.1 Å². The minimum Gasteiger partial charge on any atom is -0.479 e. The van der Waals surface area contributed by atoms with Gasteiger partial charge in [-0.15, -0.1) is 0 Å². The molecule has 0 radical (unpaired) electrons. The molecule has 1 saturated heterocycles. The van der Waals surface area contributed by atoms with Crippen molar-refractivity contribution in [2.45, 2.75) is 115 Å². The van der Waals surface area contributed by atoms with Crippen LogP contribution < -0.4 is 4.74 Å². The summed E-state index contributed by atoms with van der Waals surface area (Å²) in [6, 6.07) is 0.